The molecular weight excluding hydrogens is 438 g/mol. The van der Waals surface area contributed by atoms with Gasteiger partial charge in [-0.05, 0) is 64.9 Å². The van der Waals surface area contributed by atoms with Crippen LogP contribution in [0.1, 0.15) is 96.7 Å². The van der Waals surface area contributed by atoms with E-state index in [2.05, 4.69) is 42.8 Å². The second-order valence-electron chi connectivity index (χ2n) is 11.6. The Hall–Kier alpha value is -2.47. The predicted octanol–water partition coefficient (Wildman–Crippen LogP) is 6.75. The Balaban J connectivity index is 2.12. The van der Waals surface area contributed by atoms with Crippen molar-refractivity contribution >= 4 is 11.7 Å². The lowest BCUT2D eigenvalue weighted by Gasteiger charge is -2.40. The summed E-state index contributed by atoms with van der Waals surface area (Å²) in [4.78, 5) is 24.2. The van der Waals surface area contributed by atoms with Crippen molar-refractivity contribution in [3.63, 3.8) is 0 Å². The van der Waals surface area contributed by atoms with E-state index in [9.17, 15) is 9.90 Å². The van der Waals surface area contributed by atoms with Crippen LogP contribution >= 0.6 is 0 Å². The lowest BCUT2D eigenvalue weighted by Crippen LogP contribution is -2.39. The molecule has 1 aliphatic rings. The molecule has 1 aliphatic heterocycles. The van der Waals surface area contributed by atoms with Gasteiger partial charge in [-0.25, -0.2) is 4.79 Å². The van der Waals surface area contributed by atoms with Gasteiger partial charge in [0.25, 0.3) is 0 Å². The van der Waals surface area contributed by atoms with Crippen molar-refractivity contribution in [3.8, 4) is 11.1 Å². The molecule has 6 heteroatoms. The standard InChI is InChI=1S/C29H43N3O3/c1-8-9-10-11-22-13-12-21(18-31-22)23-19-30-20(2)24(26(27(33)34)35-28(3,4)5)25(23)32-16-14-29(6,7)15-17-32/h12-13,18-19,26H,8-11,14-17H2,1-7H3,(H,33,34)/t26-/m0/s1. The van der Waals surface area contributed by atoms with Crippen LogP contribution in [0.5, 0.6) is 0 Å². The van der Waals surface area contributed by atoms with Gasteiger partial charge in [0.1, 0.15) is 0 Å². The van der Waals surface area contributed by atoms with Crippen LogP contribution in [0.3, 0.4) is 0 Å². The highest BCUT2D eigenvalue weighted by Crippen LogP contribution is 2.43. The van der Waals surface area contributed by atoms with E-state index in [1.807, 2.05) is 40.1 Å². The number of hydrogen-bond donors (Lipinski definition) is 1. The largest absolute Gasteiger partial charge is 0.479 e. The zero-order valence-corrected chi connectivity index (χ0v) is 22.6. The second kappa shape index (κ2) is 11.1. The van der Waals surface area contributed by atoms with Crippen molar-refractivity contribution in [2.45, 2.75) is 98.7 Å². The van der Waals surface area contributed by atoms with Gasteiger partial charge in [0, 0.05) is 53.6 Å². The molecule has 0 spiro atoms. The highest BCUT2D eigenvalue weighted by atomic mass is 16.5. The molecule has 2 aromatic rings. The molecule has 0 aromatic carbocycles. The van der Waals surface area contributed by atoms with Crippen LogP contribution in [-0.4, -0.2) is 39.7 Å². The minimum Gasteiger partial charge on any atom is -0.479 e. The monoisotopic (exact) mass is 481 g/mol. The molecular formula is C29H43N3O3. The number of unbranched alkanes of at least 4 members (excludes halogenated alkanes) is 2. The third-order valence-corrected chi connectivity index (χ3v) is 6.85. The molecule has 0 unspecified atom stereocenters. The lowest BCUT2D eigenvalue weighted by molar-refractivity contribution is -0.160. The molecule has 1 saturated heterocycles. The van der Waals surface area contributed by atoms with Crippen molar-refractivity contribution in [1.29, 1.82) is 0 Å². The van der Waals surface area contributed by atoms with E-state index in [4.69, 9.17) is 9.72 Å². The second-order valence-corrected chi connectivity index (χ2v) is 11.6. The van der Waals surface area contributed by atoms with Crippen molar-refractivity contribution in [2.24, 2.45) is 5.41 Å². The summed E-state index contributed by atoms with van der Waals surface area (Å²) in [5, 5.41) is 10.2. The average molecular weight is 482 g/mol. The predicted molar refractivity (Wildman–Crippen MR) is 142 cm³/mol. The first-order valence-corrected chi connectivity index (χ1v) is 13.0. The van der Waals surface area contributed by atoms with Gasteiger partial charge in [0.05, 0.1) is 11.3 Å². The Morgan fingerprint density at radius 1 is 1.14 bits per heavy atom. The molecule has 192 valence electrons. The van der Waals surface area contributed by atoms with Crippen LogP contribution in [0.4, 0.5) is 5.69 Å². The molecule has 3 rings (SSSR count). The summed E-state index contributed by atoms with van der Waals surface area (Å²) in [7, 11) is 0. The van der Waals surface area contributed by atoms with E-state index < -0.39 is 17.7 Å². The van der Waals surface area contributed by atoms with E-state index in [-0.39, 0.29) is 5.41 Å². The minimum absolute atomic E-state index is 0.273. The number of carboxylic acids is 1. The molecule has 1 atom stereocenters. The van der Waals surface area contributed by atoms with Gasteiger partial charge in [-0.1, -0.05) is 39.7 Å². The van der Waals surface area contributed by atoms with E-state index in [0.717, 1.165) is 61.3 Å². The number of pyridine rings is 2. The summed E-state index contributed by atoms with van der Waals surface area (Å²) in [6, 6.07) is 4.19. The molecule has 6 nitrogen and oxygen atoms in total. The maximum atomic E-state index is 12.5. The van der Waals surface area contributed by atoms with Gasteiger partial charge in [-0.15, -0.1) is 0 Å². The number of ether oxygens (including phenoxy) is 1. The van der Waals surface area contributed by atoms with Gasteiger partial charge in [0.2, 0.25) is 0 Å². The fraction of sp³-hybridized carbons (Fsp3) is 0.621. The highest BCUT2D eigenvalue weighted by Gasteiger charge is 2.35. The van der Waals surface area contributed by atoms with Crippen LogP contribution in [0.2, 0.25) is 0 Å². The quantitative estimate of drug-likeness (QED) is 0.399. The minimum atomic E-state index is -1.10. The normalized spacial score (nSPS) is 16.8. The third kappa shape index (κ3) is 7.03. The summed E-state index contributed by atoms with van der Waals surface area (Å²) >= 11 is 0. The molecule has 35 heavy (non-hydrogen) atoms. The molecule has 0 aliphatic carbocycles. The molecule has 0 amide bonds. The van der Waals surface area contributed by atoms with Gasteiger partial charge >= 0.3 is 5.97 Å². The number of aryl methyl sites for hydroxylation is 2. The smallest absolute Gasteiger partial charge is 0.337 e. The van der Waals surface area contributed by atoms with Crippen LogP contribution < -0.4 is 4.90 Å². The van der Waals surface area contributed by atoms with Crippen molar-refractivity contribution < 1.29 is 14.6 Å². The van der Waals surface area contributed by atoms with Crippen molar-refractivity contribution in [3.05, 3.63) is 41.5 Å². The molecule has 0 saturated carbocycles. The summed E-state index contributed by atoms with van der Waals surface area (Å²) in [5.74, 6) is -0.995. The van der Waals surface area contributed by atoms with E-state index in [0.29, 0.717) is 11.3 Å². The molecule has 0 bridgehead atoms. The van der Waals surface area contributed by atoms with Crippen LogP contribution in [-0.2, 0) is 16.0 Å². The Bertz CT molecular complexity index is 999. The fourth-order valence-electron chi connectivity index (χ4n) is 4.68. The van der Waals surface area contributed by atoms with Crippen LogP contribution in [0.15, 0.2) is 24.5 Å². The van der Waals surface area contributed by atoms with E-state index in [1.54, 1.807) is 0 Å². The first-order valence-electron chi connectivity index (χ1n) is 13.0. The maximum absolute atomic E-state index is 12.5. The number of piperidine rings is 1. The topological polar surface area (TPSA) is 75.6 Å². The number of nitrogens with zero attached hydrogens (tertiary/aromatic N) is 3. The molecule has 3 heterocycles. The first kappa shape index (κ1) is 27.1. The molecule has 0 radical (unpaired) electrons. The Kier molecular flexibility index (Phi) is 8.58. The maximum Gasteiger partial charge on any atom is 0.337 e. The average Bonchev–Trinajstić information content (AvgIpc) is 2.78. The van der Waals surface area contributed by atoms with Crippen LogP contribution in [0.25, 0.3) is 11.1 Å². The highest BCUT2D eigenvalue weighted by molar-refractivity contribution is 5.86. The SMILES string of the molecule is CCCCCc1ccc(-c2cnc(C)c([C@H](OC(C)(C)C)C(=O)O)c2N2CCC(C)(C)CC2)cn1. The first-order chi connectivity index (χ1) is 16.4. The van der Waals surface area contributed by atoms with Gasteiger partial charge in [-0.2, -0.15) is 0 Å². The van der Waals surface area contributed by atoms with E-state index in [1.165, 1.54) is 12.8 Å². The number of aromatic nitrogens is 2. The Morgan fingerprint density at radius 3 is 2.37 bits per heavy atom. The number of rotatable bonds is 9. The van der Waals surface area contributed by atoms with Gasteiger partial charge < -0.3 is 14.7 Å². The zero-order valence-electron chi connectivity index (χ0n) is 22.6. The summed E-state index contributed by atoms with van der Waals surface area (Å²) < 4.78 is 6.12. The summed E-state index contributed by atoms with van der Waals surface area (Å²) in [6.45, 7) is 16.1. The lowest BCUT2D eigenvalue weighted by atomic mass is 9.82. The zero-order chi connectivity index (χ0) is 25.8. The van der Waals surface area contributed by atoms with Gasteiger partial charge in [-0.3, -0.25) is 9.97 Å². The number of carbonyl (C=O) groups is 1. The molecule has 2 aromatic heterocycles. The molecule has 1 N–H and O–H groups in total. The molecule has 1 fully saturated rings. The Labute approximate surface area is 211 Å². The fourth-order valence-corrected chi connectivity index (χ4v) is 4.68. The van der Waals surface area contributed by atoms with Gasteiger partial charge in [0.15, 0.2) is 6.10 Å². The number of carboxylic acid groups (broad SMARTS) is 1. The van der Waals surface area contributed by atoms with E-state index >= 15 is 0 Å². The van der Waals surface area contributed by atoms with Crippen molar-refractivity contribution in [1.82, 2.24) is 9.97 Å². The Morgan fingerprint density at radius 2 is 1.83 bits per heavy atom. The van der Waals surface area contributed by atoms with Crippen molar-refractivity contribution in [2.75, 3.05) is 18.0 Å². The third-order valence-electron chi connectivity index (χ3n) is 6.85. The summed E-state index contributed by atoms with van der Waals surface area (Å²) in [6.07, 6.45) is 9.26. The van der Waals surface area contributed by atoms with Crippen LogP contribution in [0, 0.1) is 12.3 Å². The number of hydrogen-bond acceptors (Lipinski definition) is 5. The number of aliphatic carboxylic acids is 1. The number of anilines is 1. The summed E-state index contributed by atoms with van der Waals surface area (Å²) in [5.41, 5.74) is 4.88.